The molecule has 1 saturated carbocycles. The Kier molecular flexibility index (Phi) is 8.89. The number of nitrogens with one attached hydrogen (secondary N) is 4. The minimum absolute atomic E-state index is 0.162. The average molecular weight is 583 g/mol. The fraction of sp³-hybridized carbons (Fsp3) is 0.333. The fourth-order valence-corrected chi connectivity index (χ4v) is 4.01. The number of aromatic nitrogens is 3. The first-order valence-corrected chi connectivity index (χ1v) is 13.2. The van der Waals surface area contributed by atoms with E-state index < -0.39 is 23.3 Å². The highest BCUT2D eigenvalue weighted by molar-refractivity contribution is 6.34. The lowest BCUT2D eigenvalue weighted by Crippen LogP contribution is -2.50. The van der Waals surface area contributed by atoms with Crippen LogP contribution in [0.3, 0.4) is 0 Å². The lowest BCUT2D eigenvalue weighted by atomic mass is 10.1. The van der Waals surface area contributed by atoms with Crippen LogP contribution in [0.25, 0.3) is 0 Å². The first-order valence-electron chi connectivity index (χ1n) is 12.9. The van der Waals surface area contributed by atoms with E-state index in [1.165, 1.54) is 6.92 Å². The van der Waals surface area contributed by atoms with Gasteiger partial charge in [-0.05, 0) is 68.7 Å². The maximum atomic E-state index is 12.6. The highest BCUT2D eigenvalue weighted by Crippen LogP contribution is 2.48. The van der Waals surface area contributed by atoms with Crippen LogP contribution >= 0.6 is 11.6 Å². The Morgan fingerprint density at radius 2 is 1.63 bits per heavy atom. The predicted octanol–water partition coefficient (Wildman–Crippen LogP) is 1.85. The number of nitrogens with zero attached hydrogens (tertiary/aromatic N) is 3. The van der Waals surface area contributed by atoms with E-state index in [2.05, 4.69) is 36.2 Å². The molecule has 2 aromatic carbocycles. The van der Waals surface area contributed by atoms with Crippen LogP contribution in [0, 0.1) is 0 Å². The summed E-state index contributed by atoms with van der Waals surface area (Å²) >= 11 is 6.05. The molecule has 14 heteroatoms. The molecule has 1 heterocycles. The molecular formula is C27H31ClN8O5. The largest absolute Gasteiger partial charge is 0.464 e. The molecule has 1 atom stereocenters. The summed E-state index contributed by atoms with van der Waals surface area (Å²) in [5.41, 5.74) is 5.11. The molecule has 0 spiro atoms. The number of benzene rings is 2. The van der Waals surface area contributed by atoms with Gasteiger partial charge in [0.2, 0.25) is 11.9 Å². The van der Waals surface area contributed by atoms with E-state index >= 15 is 0 Å². The van der Waals surface area contributed by atoms with E-state index in [0.717, 1.165) is 18.4 Å². The lowest BCUT2D eigenvalue weighted by molar-refractivity contribution is -0.137. The Morgan fingerprint density at radius 1 is 1.00 bits per heavy atom. The van der Waals surface area contributed by atoms with Crippen LogP contribution in [0.2, 0.25) is 5.02 Å². The molecule has 1 fully saturated rings. The fourth-order valence-electron chi connectivity index (χ4n) is 3.88. The number of anilines is 3. The van der Waals surface area contributed by atoms with E-state index in [1.54, 1.807) is 24.3 Å². The molecule has 0 saturated heterocycles. The molecule has 1 aromatic heterocycles. The zero-order valence-electron chi connectivity index (χ0n) is 22.5. The number of amides is 3. The van der Waals surface area contributed by atoms with Crippen molar-refractivity contribution in [2.45, 2.75) is 37.8 Å². The number of rotatable bonds is 12. The van der Waals surface area contributed by atoms with Crippen LogP contribution in [0.15, 0.2) is 48.5 Å². The normalized spacial score (nSPS) is 14.7. The van der Waals surface area contributed by atoms with Crippen LogP contribution in [0.1, 0.15) is 42.6 Å². The van der Waals surface area contributed by atoms with Gasteiger partial charge in [-0.15, -0.1) is 0 Å². The highest BCUT2D eigenvalue weighted by Gasteiger charge is 2.45. The van der Waals surface area contributed by atoms with Crippen LogP contribution in [-0.2, 0) is 15.1 Å². The van der Waals surface area contributed by atoms with Crippen molar-refractivity contribution >= 4 is 46.9 Å². The van der Waals surface area contributed by atoms with E-state index in [-0.39, 0.29) is 30.6 Å². The maximum Gasteiger partial charge on any atom is 0.323 e. The van der Waals surface area contributed by atoms with Crippen molar-refractivity contribution in [1.82, 2.24) is 25.6 Å². The van der Waals surface area contributed by atoms with Crippen LogP contribution in [0.5, 0.6) is 6.01 Å². The van der Waals surface area contributed by atoms with Crippen molar-refractivity contribution in [3.8, 4) is 6.01 Å². The summed E-state index contributed by atoms with van der Waals surface area (Å²) < 4.78 is 5.55. The van der Waals surface area contributed by atoms with Gasteiger partial charge >= 0.3 is 17.8 Å². The summed E-state index contributed by atoms with van der Waals surface area (Å²) in [6, 6.07) is 14.3. The number of halogens is 1. The minimum Gasteiger partial charge on any atom is -0.464 e. The Hall–Kier alpha value is -4.49. The van der Waals surface area contributed by atoms with Gasteiger partial charge in [-0.2, -0.15) is 15.0 Å². The number of hydrogen-bond acceptors (Lipinski definition) is 10. The summed E-state index contributed by atoms with van der Waals surface area (Å²) in [6.07, 6.45) is 1.82. The smallest absolute Gasteiger partial charge is 0.323 e. The molecule has 0 aliphatic heterocycles. The van der Waals surface area contributed by atoms with Crippen LogP contribution in [0.4, 0.5) is 17.6 Å². The third kappa shape index (κ3) is 8.02. The van der Waals surface area contributed by atoms with Crippen molar-refractivity contribution in [1.29, 1.82) is 0 Å². The first kappa shape index (κ1) is 29.5. The van der Waals surface area contributed by atoms with Crippen molar-refractivity contribution in [2.75, 3.05) is 30.3 Å². The molecule has 0 radical (unpaired) electrons. The summed E-state index contributed by atoms with van der Waals surface area (Å²) in [7, 11) is 0. The Morgan fingerprint density at radius 3 is 2.24 bits per heavy atom. The van der Waals surface area contributed by atoms with E-state index in [1.807, 2.05) is 31.2 Å². The monoisotopic (exact) mass is 582 g/mol. The Balaban J connectivity index is 1.39. The van der Waals surface area contributed by atoms with E-state index in [0.29, 0.717) is 28.8 Å². The van der Waals surface area contributed by atoms with Gasteiger partial charge in [0.25, 0.3) is 5.91 Å². The van der Waals surface area contributed by atoms with Crippen LogP contribution in [-0.4, -0.2) is 63.1 Å². The molecule has 1 unspecified atom stereocenters. The summed E-state index contributed by atoms with van der Waals surface area (Å²) in [6.45, 7) is 3.16. The number of nitrogens with two attached hydrogens (primary N) is 1. The van der Waals surface area contributed by atoms with Gasteiger partial charge in [-0.25, -0.2) is 0 Å². The standard InChI is InChI=1S/C27H31ClN8O5/c1-3-41-25-34-23(33-24(35-25)36-27(12-13-27)17-6-8-18(28)9-7-17)32-19-10-4-16(5-11-19)21(38)30-14-26(2,40)15-31-22(39)20(29)37/h4-11,40H,3,12-15H2,1-2H3,(H2,29,37)(H,30,38)(H,31,39)(H2,32,33,34,35,36). The SMILES string of the molecule is CCOc1nc(Nc2ccc(C(=O)NCC(C)(O)CNC(=O)C(N)=O)cc2)nc(NC2(c3ccc(Cl)cc3)CC2)n1. The maximum absolute atomic E-state index is 12.6. The third-order valence-corrected chi connectivity index (χ3v) is 6.52. The van der Waals surface area contributed by atoms with Crippen molar-refractivity contribution < 1.29 is 24.2 Å². The summed E-state index contributed by atoms with van der Waals surface area (Å²) in [5.74, 6) is -2.03. The second kappa shape index (κ2) is 12.4. The van der Waals surface area contributed by atoms with Crippen LogP contribution < -0.4 is 31.7 Å². The molecule has 3 aromatic rings. The first-order chi connectivity index (χ1) is 19.5. The topological polar surface area (TPSA) is 193 Å². The number of carbonyl (C=O) groups is 3. The number of carbonyl (C=O) groups excluding carboxylic acids is 3. The van der Waals surface area contributed by atoms with Crippen molar-refractivity contribution in [3.63, 3.8) is 0 Å². The zero-order valence-corrected chi connectivity index (χ0v) is 23.3. The van der Waals surface area contributed by atoms with Crippen molar-refractivity contribution in [3.05, 3.63) is 64.7 Å². The van der Waals surface area contributed by atoms with Gasteiger partial charge in [0.05, 0.1) is 17.7 Å². The second-order valence-corrected chi connectivity index (χ2v) is 10.3. The molecule has 1 aliphatic rings. The third-order valence-electron chi connectivity index (χ3n) is 6.27. The number of aliphatic hydroxyl groups is 1. The van der Waals surface area contributed by atoms with Gasteiger partial charge in [0, 0.05) is 29.4 Å². The zero-order chi connectivity index (χ0) is 29.6. The van der Waals surface area contributed by atoms with Gasteiger partial charge in [0.1, 0.15) is 0 Å². The lowest BCUT2D eigenvalue weighted by Gasteiger charge is -2.23. The molecule has 4 rings (SSSR count). The molecule has 41 heavy (non-hydrogen) atoms. The van der Waals surface area contributed by atoms with Gasteiger partial charge < -0.3 is 36.8 Å². The molecule has 216 valence electrons. The number of primary amides is 1. The Labute approximate surface area is 241 Å². The second-order valence-electron chi connectivity index (χ2n) is 9.84. The quantitative estimate of drug-likeness (QED) is 0.172. The molecule has 13 nitrogen and oxygen atoms in total. The average Bonchev–Trinajstić information content (AvgIpc) is 3.71. The predicted molar refractivity (Wildman–Crippen MR) is 152 cm³/mol. The van der Waals surface area contributed by atoms with Crippen molar-refractivity contribution in [2.24, 2.45) is 5.73 Å². The summed E-state index contributed by atoms with van der Waals surface area (Å²) in [4.78, 5) is 47.9. The van der Waals surface area contributed by atoms with Gasteiger partial charge in [-0.3, -0.25) is 14.4 Å². The molecule has 1 aliphatic carbocycles. The molecule has 7 N–H and O–H groups in total. The number of ether oxygens (including phenoxy) is 1. The van der Waals surface area contributed by atoms with Gasteiger partial charge in [0.15, 0.2) is 0 Å². The van der Waals surface area contributed by atoms with E-state index in [9.17, 15) is 19.5 Å². The molecular weight excluding hydrogens is 552 g/mol. The Bertz CT molecular complexity index is 1410. The number of hydrogen-bond donors (Lipinski definition) is 6. The minimum atomic E-state index is -1.50. The molecule has 0 bridgehead atoms. The summed E-state index contributed by atoms with van der Waals surface area (Å²) in [5, 5.41) is 22.3. The van der Waals surface area contributed by atoms with Gasteiger partial charge in [-0.1, -0.05) is 23.7 Å². The molecule has 3 amide bonds. The highest BCUT2D eigenvalue weighted by atomic mass is 35.5. The van der Waals surface area contributed by atoms with E-state index in [4.69, 9.17) is 22.1 Å².